The highest BCUT2D eigenvalue weighted by Crippen LogP contribution is 2.27. The molecule has 0 spiro atoms. The lowest BCUT2D eigenvalue weighted by atomic mass is 9.94. The van der Waals surface area contributed by atoms with E-state index in [4.69, 9.17) is 8.94 Å². The van der Waals surface area contributed by atoms with Crippen LogP contribution in [0.15, 0.2) is 15.0 Å². The summed E-state index contributed by atoms with van der Waals surface area (Å²) in [6, 6.07) is 1.80. The predicted octanol–water partition coefficient (Wildman–Crippen LogP) is 3.02. The highest BCUT2D eigenvalue weighted by atomic mass is 16.5. The summed E-state index contributed by atoms with van der Waals surface area (Å²) in [6.07, 6.45) is 0.308. The molecule has 0 bridgehead atoms. The topological polar surface area (TPSA) is 88.5 Å². The number of nitrogens with zero attached hydrogens (tertiary/aromatic N) is 1. The van der Waals surface area contributed by atoms with Crippen LogP contribution < -0.4 is 5.32 Å². The number of rotatable bonds is 6. The van der Waals surface area contributed by atoms with Crippen molar-refractivity contribution in [3.8, 4) is 0 Å². The zero-order valence-corrected chi connectivity index (χ0v) is 15.2. The molecule has 2 atom stereocenters. The van der Waals surface area contributed by atoms with Crippen LogP contribution in [0, 0.1) is 27.7 Å². The molecule has 132 valence electrons. The quantitative estimate of drug-likeness (QED) is 0.848. The monoisotopic (exact) mass is 334 g/mol. The molecule has 0 aliphatic rings. The molecule has 6 nitrogen and oxygen atoms in total. The van der Waals surface area contributed by atoms with E-state index in [1.165, 1.54) is 0 Å². The molecule has 0 aromatic carbocycles. The van der Waals surface area contributed by atoms with E-state index in [2.05, 4.69) is 10.5 Å². The van der Waals surface area contributed by atoms with Crippen LogP contribution in [0.1, 0.15) is 60.3 Å². The number of carbonyl (C=O) groups is 1. The third-order valence-electron chi connectivity index (χ3n) is 4.32. The molecule has 1 amide bonds. The average molecular weight is 334 g/mol. The Bertz CT molecular complexity index is 708. The Morgan fingerprint density at radius 3 is 2.50 bits per heavy atom. The highest BCUT2D eigenvalue weighted by Gasteiger charge is 2.28. The largest absolute Gasteiger partial charge is 0.466 e. The summed E-state index contributed by atoms with van der Waals surface area (Å²) in [5.41, 5.74) is 1.30. The van der Waals surface area contributed by atoms with Crippen LogP contribution in [-0.2, 0) is 10.4 Å². The lowest BCUT2D eigenvalue weighted by Gasteiger charge is -2.23. The molecule has 2 heterocycles. The standard InChI is InChI=1S/C18H26N2O4/c1-10(17-12(3)20-24-14(17)5)7-16(21)19-9-18(6,22)15-8-11(2)23-13(15)4/h8,10,22H,7,9H2,1-6H3,(H,19,21). The number of carbonyl (C=O) groups excluding carboxylic acids is 1. The average Bonchev–Trinajstić information content (AvgIpc) is 2.99. The van der Waals surface area contributed by atoms with Crippen LogP contribution in [0.5, 0.6) is 0 Å². The van der Waals surface area contributed by atoms with Crippen molar-refractivity contribution in [1.29, 1.82) is 0 Å². The highest BCUT2D eigenvalue weighted by molar-refractivity contribution is 5.77. The van der Waals surface area contributed by atoms with Crippen LogP contribution in [0.3, 0.4) is 0 Å². The molecule has 0 radical (unpaired) electrons. The molecular formula is C18H26N2O4. The van der Waals surface area contributed by atoms with Gasteiger partial charge in [0.2, 0.25) is 5.91 Å². The Morgan fingerprint density at radius 2 is 2.00 bits per heavy atom. The SMILES string of the molecule is Cc1cc(C(C)(O)CNC(=O)CC(C)c2c(C)noc2C)c(C)o1. The maximum absolute atomic E-state index is 12.2. The van der Waals surface area contributed by atoms with E-state index >= 15 is 0 Å². The summed E-state index contributed by atoms with van der Waals surface area (Å²) >= 11 is 0. The van der Waals surface area contributed by atoms with Gasteiger partial charge in [-0.05, 0) is 46.6 Å². The first-order chi connectivity index (χ1) is 11.1. The third kappa shape index (κ3) is 3.87. The fraction of sp³-hybridized carbons (Fsp3) is 0.556. The number of nitrogens with one attached hydrogen (secondary N) is 1. The van der Waals surface area contributed by atoms with Crippen molar-refractivity contribution in [3.05, 3.63) is 40.2 Å². The molecule has 0 saturated heterocycles. The number of furan rings is 1. The summed E-state index contributed by atoms with van der Waals surface area (Å²) in [7, 11) is 0. The van der Waals surface area contributed by atoms with Crippen LogP contribution in [-0.4, -0.2) is 22.7 Å². The van der Waals surface area contributed by atoms with E-state index in [1.54, 1.807) is 19.9 Å². The number of amides is 1. The summed E-state index contributed by atoms with van der Waals surface area (Å²) < 4.78 is 10.6. The minimum absolute atomic E-state index is 0.000829. The number of aliphatic hydroxyl groups is 1. The van der Waals surface area contributed by atoms with E-state index in [9.17, 15) is 9.90 Å². The van der Waals surface area contributed by atoms with Gasteiger partial charge >= 0.3 is 0 Å². The van der Waals surface area contributed by atoms with E-state index in [1.807, 2.05) is 27.7 Å². The molecule has 0 saturated carbocycles. The summed E-state index contributed by atoms with van der Waals surface area (Å²) in [4.78, 5) is 12.2. The van der Waals surface area contributed by atoms with Crippen LogP contribution in [0.4, 0.5) is 0 Å². The summed E-state index contributed by atoms with van der Waals surface area (Å²) in [5, 5.41) is 17.4. The first-order valence-electron chi connectivity index (χ1n) is 8.11. The molecule has 2 rings (SSSR count). The predicted molar refractivity (Wildman–Crippen MR) is 89.8 cm³/mol. The van der Waals surface area contributed by atoms with Gasteiger partial charge in [-0.1, -0.05) is 12.1 Å². The molecule has 0 fully saturated rings. The van der Waals surface area contributed by atoms with Gasteiger partial charge in [0, 0.05) is 17.5 Å². The van der Waals surface area contributed by atoms with Crippen molar-refractivity contribution in [3.63, 3.8) is 0 Å². The van der Waals surface area contributed by atoms with Gasteiger partial charge < -0.3 is 19.4 Å². The number of aryl methyl sites for hydroxylation is 4. The Kier molecular flexibility index (Phi) is 5.18. The molecule has 0 aliphatic carbocycles. The lowest BCUT2D eigenvalue weighted by Crippen LogP contribution is -2.39. The van der Waals surface area contributed by atoms with E-state index in [0.29, 0.717) is 17.7 Å². The Balaban J connectivity index is 1.96. The molecule has 2 unspecified atom stereocenters. The summed E-state index contributed by atoms with van der Waals surface area (Å²) in [6.45, 7) is 11.1. The van der Waals surface area contributed by atoms with Gasteiger partial charge in [0.05, 0.1) is 12.2 Å². The van der Waals surface area contributed by atoms with Gasteiger partial charge in [-0.2, -0.15) is 0 Å². The van der Waals surface area contributed by atoms with Gasteiger partial charge in [-0.15, -0.1) is 0 Å². The first kappa shape index (κ1) is 18.3. The van der Waals surface area contributed by atoms with Crippen molar-refractivity contribution in [2.45, 2.75) is 59.5 Å². The minimum Gasteiger partial charge on any atom is -0.466 e. The van der Waals surface area contributed by atoms with Crippen molar-refractivity contribution in [1.82, 2.24) is 10.5 Å². The third-order valence-corrected chi connectivity index (χ3v) is 4.32. The Morgan fingerprint density at radius 1 is 1.33 bits per heavy atom. The fourth-order valence-corrected chi connectivity index (χ4v) is 3.18. The van der Waals surface area contributed by atoms with Crippen molar-refractivity contribution in [2.24, 2.45) is 0 Å². The molecule has 2 N–H and O–H groups in total. The Hall–Kier alpha value is -2.08. The second kappa shape index (κ2) is 6.81. The zero-order chi connectivity index (χ0) is 18.1. The van der Waals surface area contributed by atoms with Crippen molar-refractivity contribution in [2.75, 3.05) is 6.54 Å². The molecule has 0 aliphatic heterocycles. The van der Waals surface area contributed by atoms with E-state index < -0.39 is 5.60 Å². The van der Waals surface area contributed by atoms with Gasteiger partial charge in [0.25, 0.3) is 0 Å². The molecule has 6 heteroatoms. The molecular weight excluding hydrogens is 308 g/mol. The van der Waals surface area contributed by atoms with E-state index in [0.717, 1.165) is 22.8 Å². The fourth-order valence-electron chi connectivity index (χ4n) is 3.18. The maximum Gasteiger partial charge on any atom is 0.220 e. The van der Waals surface area contributed by atoms with E-state index in [-0.39, 0.29) is 18.4 Å². The second-order valence-electron chi connectivity index (χ2n) is 6.72. The number of hydrogen-bond donors (Lipinski definition) is 2. The van der Waals surface area contributed by atoms with Gasteiger partial charge in [0.1, 0.15) is 22.9 Å². The maximum atomic E-state index is 12.2. The van der Waals surface area contributed by atoms with Gasteiger partial charge in [0.15, 0.2) is 0 Å². The number of hydrogen-bond acceptors (Lipinski definition) is 5. The van der Waals surface area contributed by atoms with Crippen molar-refractivity contribution < 1.29 is 18.8 Å². The summed E-state index contributed by atoms with van der Waals surface area (Å²) in [5.74, 6) is 2.01. The van der Waals surface area contributed by atoms with Gasteiger partial charge in [-0.3, -0.25) is 4.79 Å². The van der Waals surface area contributed by atoms with Crippen LogP contribution in [0.2, 0.25) is 0 Å². The minimum atomic E-state index is -1.18. The second-order valence-corrected chi connectivity index (χ2v) is 6.72. The number of aromatic nitrogens is 1. The molecule has 2 aromatic heterocycles. The Labute approximate surface area is 142 Å². The normalized spacial score (nSPS) is 15.1. The zero-order valence-electron chi connectivity index (χ0n) is 15.2. The molecule has 2 aromatic rings. The van der Waals surface area contributed by atoms with Crippen LogP contribution >= 0.6 is 0 Å². The first-order valence-corrected chi connectivity index (χ1v) is 8.11. The smallest absolute Gasteiger partial charge is 0.220 e. The van der Waals surface area contributed by atoms with Crippen molar-refractivity contribution >= 4 is 5.91 Å². The lowest BCUT2D eigenvalue weighted by molar-refractivity contribution is -0.122. The van der Waals surface area contributed by atoms with Gasteiger partial charge in [-0.25, -0.2) is 0 Å². The van der Waals surface area contributed by atoms with Crippen LogP contribution in [0.25, 0.3) is 0 Å². The molecule has 24 heavy (non-hydrogen) atoms.